The molecular formula is C19H20O2S. The summed E-state index contributed by atoms with van der Waals surface area (Å²) in [6, 6.07) is 13.5. The minimum atomic E-state index is 0.102. The molecule has 0 saturated heterocycles. The van der Waals surface area contributed by atoms with Gasteiger partial charge < -0.3 is 4.74 Å². The van der Waals surface area contributed by atoms with Crippen molar-refractivity contribution in [2.75, 3.05) is 6.61 Å². The largest absolute Gasteiger partial charge is 0.494 e. The van der Waals surface area contributed by atoms with Gasteiger partial charge in [0.25, 0.3) is 0 Å². The van der Waals surface area contributed by atoms with E-state index in [1.807, 2.05) is 42.5 Å². The Bertz CT molecular complexity index is 872. The van der Waals surface area contributed by atoms with Crippen LogP contribution in [0.5, 0.6) is 5.75 Å². The zero-order valence-corrected chi connectivity index (χ0v) is 14.0. The molecule has 2 nitrogen and oxygen atoms in total. The molecule has 3 rings (SSSR count). The highest BCUT2D eigenvalue weighted by Crippen LogP contribution is 2.28. The van der Waals surface area contributed by atoms with Gasteiger partial charge in [0.1, 0.15) is 5.75 Å². The van der Waals surface area contributed by atoms with Gasteiger partial charge in [-0.15, -0.1) is 11.3 Å². The fraction of sp³-hybridized carbons (Fsp3) is 0.316. The second-order valence-electron chi connectivity index (χ2n) is 6.74. The average Bonchev–Trinajstić information content (AvgIpc) is 2.46. The number of hydrogen-bond donors (Lipinski definition) is 0. The smallest absolute Gasteiger partial charge is 0.195 e. The van der Waals surface area contributed by atoms with Gasteiger partial charge in [0.2, 0.25) is 0 Å². The Kier molecular flexibility index (Phi) is 3.92. The Morgan fingerprint density at radius 1 is 1.00 bits per heavy atom. The van der Waals surface area contributed by atoms with Crippen molar-refractivity contribution in [2.24, 2.45) is 5.41 Å². The number of hydrogen-bond acceptors (Lipinski definition) is 3. The van der Waals surface area contributed by atoms with Gasteiger partial charge in [-0.1, -0.05) is 32.9 Å². The van der Waals surface area contributed by atoms with Crippen LogP contribution in [0.4, 0.5) is 0 Å². The van der Waals surface area contributed by atoms with E-state index in [-0.39, 0.29) is 10.8 Å². The van der Waals surface area contributed by atoms with E-state index in [9.17, 15) is 4.79 Å². The lowest BCUT2D eigenvalue weighted by atomic mass is 9.93. The molecule has 0 unspecified atom stereocenters. The summed E-state index contributed by atoms with van der Waals surface area (Å²) in [6.45, 7) is 7.30. The summed E-state index contributed by atoms with van der Waals surface area (Å²) in [5.74, 6) is 0.836. The third-order valence-corrected chi connectivity index (χ3v) is 4.80. The van der Waals surface area contributed by atoms with E-state index < -0.39 is 0 Å². The number of benzene rings is 2. The third-order valence-electron chi connectivity index (χ3n) is 3.67. The van der Waals surface area contributed by atoms with E-state index in [1.165, 1.54) is 0 Å². The molecule has 1 aromatic heterocycles. The van der Waals surface area contributed by atoms with Crippen LogP contribution in [0.1, 0.15) is 27.2 Å². The monoisotopic (exact) mass is 312 g/mol. The summed E-state index contributed by atoms with van der Waals surface area (Å²) < 4.78 is 7.85. The van der Waals surface area contributed by atoms with Crippen LogP contribution in [0, 0.1) is 5.41 Å². The van der Waals surface area contributed by atoms with Crippen molar-refractivity contribution in [3.8, 4) is 5.75 Å². The summed E-state index contributed by atoms with van der Waals surface area (Å²) in [5, 5.41) is 1.56. The molecule has 3 aromatic rings. The zero-order valence-electron chi connectivity index (χ0n) is 13.2. The van der Waals surface area contributed by atoms with Crippen molar-refractivity contribution < 1.29 is 4.74 Å². The van der Waals surface area contributed by atoms with Gasteiger partial charge in [-0.05, 0) is 42.2 Å². The fourth-order valence-corrected chi connectivity index (χ4v) is 3.45. The highest BCUT2D eigenvalue weighted by atomic mass is 32.1. The van der Waals surface area contributed by atoms with Crippen LogP contribution >= 0.6 is 11.3 Å². The lowest BCUT2D eigenvalue weighted by Gasteiger charge is -2.18. The van der Waals surface area contributed by atoms with Gasteiger partial charge in [0.05, 0.1) is 6.61 Å². The summed E-state index contributed by atoms with van der Waals surface area (Å²) in [4.78, 5) is 12.5. The topological polar surface area (TPSA) is 26.3 Å². The predicted molar refractivity (Wildman–Crippen MR) is 95.2 cm³/mol. The lowest BCUT2D eigenvalue weighted by Crippen LogP contribution is -2.11. The Hall–Kier alpha value is -1.87. The second-order valence-corrected chi connectivity index (χ2v) is 7.83. The van der Waals surface area contributed by atoms with E-state index in [0.717, 1.165) is 32.3 Å². The van der Waals surface area contributed by atoms with Gasteiger partial charge in [-0.2, -0.15) is 0 Å². The first-order chi connectivity index (χ1) is 10.4. The maximum atomic E-state index is 12.5. The van der Waals surface area contributed by atoms with E-state index >= 15 is 0 Å². The SMILES string of the molecule is CC(C)(C)CCOc1ccc2c(=O)c3ccccc3sc2c1. The van der Waals surface area contributed by atoms with Crippen LogP contribution in [-0.2, 0) is 0 Å². The molecule has 0 aliphatic rings. The molecule has 114 valence electrons. The molecule has 0 aliphatic heterocycles. The van der Waals surface area contributed by atoms with E-state index in [1.54, 1.807) is 11.3 Å². The van der Waals surface area contributed by atoms with Crippen LogP contribution in [0.25, 0.3) is 20.2 Å². The van der Waals surface area contributed by atoms with E-state index in [4.69, 9.17) is 4.74 Å². The van der Waals surface area contributed by atoms with E-state index in [2.05, 4.69) is 20.8 Å². The first-order valence-corrected chi connectivity index (χ1v) is 8.34. The van der Waals surface area contributed by atoms with Crippen molar-refractivity contribution in [1.82, 2.24) is 0 Å². The number of fused-ring (bicyclic) bond motifs is 2. The van der Waals surface area contributed by atoms with Crippen LogP contribution in [0.15, 0.2) is 47.3 Å². The highest BCUT2D eigenvalue weighted by molar-refractivity contribution is 7.24. The maximum Gasteiger partial charge on any atom is 0.195 e. The third kappa shape index (κ3) is 3.14. The molecule has 0 saturated carbocycles. The first kappa shape index (κ1) is 15.0. The molecule has 0 amide bonds. The quantitative estimate of drug-likeness (QED) is 0.619. The standard InChI is InChI=1S/C19H20O2S/c1-19(2,3)10-11-21-13-8-9-15-17(12-13)22-16-7-5-4-6-14(16)18(15)20/h4-9,12H,10-11H2,1-3H3. The minimum Gasteiger partial charge on any atom is -0.494 e. The molecule has 1 heterocycles. The molecule has 0 aliphatic carbocycles. The molecule has 22 heavy (non-hydrogen) atoms. The van der Waals surface area contributed by atoms with Crippen molar-refractivity contribution in [1.29, 1.82) is 0 Å². The predicted octanol–water partition coefficient (Wildman–Crippen LogP) is 5.23. The Balaban J connectivity index is 1.96. The highest BCUT2D eigenvalue weighted by Gasteiger charge is 2.11. The molecular weight excluding hydrogens is 292 g/mol. The van der Waals surface area contributed by atoms with Gasteiger partial charge in [0.15, 0.2) is 5.43 Å². The van der Waals surface area contributed by atoms with Gasteiger partial charge >= 0.3 is 0 Å². The van der Waals surface area contributed by atoms with Crippen molar-refractivity contribution >= 4 is 31.5 Å². The van der Waals surface area contributed by atoms with Gasteiger partial charge in [-0.3, -0.25) is 4.79 Å². The minimum absolute atomic E-state index is 0.102. The molecule has 0 N–H and O–H groups in total. The van der Waals surface area contributed by atoms with Gasteiger partial charge in [-0.25, -0.2) is 0 Å². The molecule has 0 atom stereocenters. The summed E-state index contributed by atoms with van der Waals surface area (Å²) in [6.07, 6.45) is 0.999. The maximum absolute atomic E-state index is 12.5. The van der Waals surface area contributed by atoms with Crippen LogP contribution in [-0.4, -0.2) is 6.61 Å². The summed E-state index contributed by atoms with van der Waals surface area (Å²) in [7, 11) is 0. The summed E-state index contributed by atoms with van der Waals surface area (Å²) in [5.41, 5.74) is 0.364. The number of rotatable bonds is 3. The van der Waals surface area contributed by atoms with Crippen LogP contribution < -0.4 is 10.2 Å². The molecule has 2 aromatic carbocycles. The van der Waals surface area contributed by atoms with Crippen LogP contribution in [0.3, 0.4) is 0 Å². The Labute approximate surface area is 134 Å². The first-order valence-electron chi connectivity index (χ1n) is 7.52. The van der Waals surface area contributed by atoms with Crippen molar-refractivity contribution in [3.05, 3.63) is 52.7 Å². The fourth-order valence-electron chi connectivity index (χ4n) is 2.35. The molecule has 3 heteroatoms. The Morgan fingerprint density at radius 2 is 1.73 bits per heavy atom. The molecule has 0 bridgehead atoms. The summed E-state index contributed by atoms with van der Waals surface area (Å²) >= 11 is 1.64. The lowest BCUT2D eigenvalue weighted by molar-refractivity contribution is 0.243. The average molecular weight is 312 g/mol. The van der Waals surface area contributed by atoms with Crippen molar-refractivity contribution in [3.63, 3.8) is 0 Å². The normalized spacial score (nSPS) is 12.0. The zero-order chi connectivity index (χ0) is 15.7. The van der Waals surface area contributed by atoms with E-state index in [0.29, 0.717) is 6.61 Å². The Morgan fingerprint density at radius 3 is 2.50 bits per heavy atom. The molecule has 0 spiro atoms. The molecule has 0 fully saturated rings. The second kappa shape index (κ2) is 5.73. The van der Waals surface area contributed by atoms with Gasteiger partial charge in [0, 0.05) is 20.2 Å². The number of ether oxygens (including phenoxy) is 1. The van der Waals surface area contributed by atoms with Crippen molar-refractivity contribution in [2.45, 2.75) is 27.2 Å². The van der Waals surface area contributed by atoms with Crippen LogP contribution in [0.2, 0.25) is 0 Å². The molecule has 0 radical (unpaired) electrons.